The molecule has 0 spiro atoms. The number of furan rings is 1. The number of halogens is 2. The Morgan fingerprint density at radius 1 is 1.16 bits per heavy atom. The molecule has 0 amide bonds. The van der Waals surface area contributed by atoms with Gasteiger partial charge < -0.3 is 4.42 Å². The van der Waals surface area contributed by atoms with Gasteiger partial charge in [-0.25, -0.2) is 8.42 Å². The standard InChI is InChI=1S/C18H19Cl2NO3S/c1-11-9-14(11)17-8-7-13(24-17)10-21(12-5-6-12)25(22,23)18-15(19)3-2-4-16(18)20/h2-4,7-8,11-12,14H,5-6,9-10H2,1H3/t11-,14-/m1/s1. The molecule has 0 saturated heterocycles. The zero-order chi connectivity index (χ0) is 17.8. The summed E-state index contributed by atoms with van der Waals surface area (Å²) in [6, 6.07) is 8.55. The molecule has 2 aromatic rings. The Bertz CT molecular complexity index is 885. The minimum Gasteiger partial charge on any atom is -0.464 e. The lowest BCUT2D eigenvalue weighted by Gasteiger charge is -2.22. The molecular weight excluding hydrogens is 381 g/mol. The minimum atomic E-state index is -3.79. The molecule has 25 heavy (non-hydrogen) atoms. The van der Waals surface area contributed by atoms with Crippen molar-refractivity contribution in [1.29, 1.82) is 0 Å². The molecule has 4 nitrogen and oxygen atoms in total. The molecular formula is C18H19Cl2NO3S. The quantitative estimate of drug-likeness (QED) is 0.681. The number of benzene rings is 1. The largest absolute Gasteiger partial charge is 0.464 e. The normalized spacial score (nSPS) is 23.2. The molecule has 1 aromatic carbocycles. The van der Waals surface area contributed by atoms with Gasteiger partial charge in [0.1, 0.15) is 16.4 Å². The van der Waals surface area contributed by atoms with Crippen molar-refractivity contribution in [2.45, 2.75) is 49.6 Å². The highest BCUT2D eigenvalue weighted by Gasteiger charge is 2.41. The smallest absolute Gasteiger partial charge is 0.246 e. The summed E-state index contributed by atoms with van der Waals surface area (Å²) >= 11 is 12.3. The van der Waals surface area contributed by atoms with Crippen LogP contribution in [-0.2, 0) is 16.6 Å². The van der Waals surface area contributed by atoms with Crippen molar-refractivity contribution in [1.82, 2.24) is 4.31 Å². The SMILES string of the molecule is C[C@@H]1C[C@H]1c1ccc(CN(C2CC2)S(=O)(=O)c2c(Cl)cccc2Cl)o1. The first kappa shape index (κ1) is 17.4. The van der Waals surface area contributed by atoms with Gasteiger partial charge in [0.15, 0.2) is 0 Å². The van der Waals surface area contributed by atoms with Crippen molar-refractivity contribution < 1.29 is 12.8 Å². The number of nitrogens with zero attached hydrogens (tertiary/aromatic N) is 1. The van der Waals surface area contributed by atoms with E-state index >= 15 is 0 Å². The summed E-state index contributed by atoms with van der Waals surface area (Å²) in [7, 11) is -3.79. The predicted molar refractivity (Wildman–Crippen MR) is 97.4 cm³/mol. The Kier molecular flexibility index (Phi) is 4.39. The molecule has 2 aliphatic rings. The van der Waals surface area contributed by atoms with E-state index in [-0.39, 0.29) is 27.5 Å². The molecule has 0 radical (unpaired) electrons. The summed E-state index contributed by atoms with van der Waals surface area (Å²) in [4.78, 5) is -0.0205. The highest BCUT2D eigenvalue weighted by Crippen LogP contribution is 2.47. The third-order valence-corrected chi connectivity index (χ3v) is 7.76. The average Bonchev–Trinajstić information content (AvgIpc) is 3.45. The zero-order valence-corrected chi connectivity index (χ0v) is 16.1. The van der Waals surface area contributed by atoms with Crippen LogP contribution in [0, 0.1) is 5.92 Å². The van der Waals surface area contributed by atoms with E-state index in [0.717, 1.165) is 25.0 Å². The number of hydrogen-bond acceptors (Lipinski definition) is 3. The van der Waals surface area contributed by atoms with E-state index in [1.54, 1.807) is 18.2 Å². The van der Waals surface area contributed by atoms with Crippen molar-refractivity contribution in [3.63, 3.8) is 0 Å². The lowest BCUT2D eigenvalue weighted by Crippen LogP contribution is -2.33. The average molecular weight is 400 g/mol. The summed E-state index contributed by atoms with van der Waals surface area (Å²) in [5, 5.41) is 0.287. The zero-order valence-electron chi connectivity index (χ0n) is 13.8. The molecule has 0 N–H and O–H groups in total. The van der Waals surface area contributed by atoms with Crippen LogP contribution in [0.15, 0.2) is 39.6 Å². The third kappa shape index (κ3) is 3.35. The van der Waals surface area contributed by atoms with Gasteiger partial charge in [0.2, 0.25) is 10.0 Å². The molecule has 1 aromatic heterocycles. The van der Waals surface area contributed by atoms with Crippen LogP contribution in [0.5, 0.6) is 0 Å². The number of hydrogen-bond donors (Lipinski definition) is 0. The van der Waals surface area contributed by atoms with E-state index in [1.807, 2.05) is 12.1 Å². The molecule has 4 rings (SSSR count). The van der Waals surface area contributed by atoms with Crippen molar-refractivity contribution in [3.05, 3.63) is 51.9 Å². The summed E-state index contributed by atoms with van der Waals surface area (Å²) in [5.41, 5.74) is 0. The minimum absolute atomic E-state index is 0.0205. The van der Waals surface area contributed by atoms with Crippen LogP contribution in [0.2, 0.25) is 10.0 Å². The fraction of sp³-hybridized carbons (Fsp3) is 0.444. The van der Waals surface area contributed by atoms with Crippen LogP contribution >= 0.6 is 23.2 Å². The Balaban J connectivity index is 1.64. The van der Waals surface area contributed by atoms with Crippen LogP contribution in [0.25, 0.3) is 0 Å². The van der Waals surface area contributed by atoms with Crippen molar-refractivity contribution in [3.8, 4) is 0 Å². The lowest BCUT2D eigenvalue weighted by molar-refractivity contribution is 0.348. The van der Waals surface area contributed by atoms with Crippen LogP contribution in [-0.4, -0.2) is 18.8 Å². The Morgan fingerprint density at radius 2 is 1.80 bits per heavy atom. The molecule has 134 valence electrons. The second-order valence-corrected chi connectivity index (χ2v) is 9.60. The predicted octanol–water partition coefficient (Wildman–Crippen LogP) is 5.06. The Hall–Kier alpha value is -1.01. The van der Waals surface area contributed by atoms with E-state index in [0.29, 0.717) is 17.6 Å². The molecule has 7 heteroatoms. The third-order valence-electron chi connectivity index (χ3n) is 4.91. The van der Waals surface area contributed by atoms with Crippen molar-refractivity contribution in [2.24, 2.45) is 5.92 Å². The van der Waals surface area contributed by atoms with Crippen LogP contribution in [0.3, 0.4) is 0 Å². The molecule has 2 saturated carbocycles. The molecule has 2 atom stereocenters. The monoisotopic (exact) mass is 399 g/mol. The molecule has 0 bridgehead atoms. The van der Waals surface area contributed by atoms with Crippen LogP contribution < -0.4 is 0 Å². The number of rotatable bonds is 6. The van der Waals surface area contributed by atoms with E-state index in [2.05, 4.69) is 6.92 Å². The Morgan fingerprint density at radius 3 is 2.36 bits per heavy atom. The van der Waals surface area contributed by atoms with Crippen molar-refractivity contribution in [2.75, 3.05) is 0 Å². The van der Waals surface area contributed by atoms with Crippen LogP contribution in [0.1, 0.15) is 43.6 Å². The maximum atomic E-state index is 13.2. The van der Waals surface area contributed by atoms with Crippen LogP contribution in [0.4, 0.5) is 0 Å². The van der Waals surface area contributed by atoms with Gasteiger partial charge in [0, 0.05) is 12.0 Å². The summed E-state index contributed by atoms with van der Waals surface area (Å²) in [6.07, 6.45) is 2.82. The molecule has 2 aliphatic carbocycles. The van der Waals surface area contributed by atoms with E-state index in [9.17, 15) is 8.42 Å². The van der Waals surface area contributed by atoms with Gasteiger partial charge in [0.25, 0.3) is 0 Å². The highest BCUT2D eigenvalue weighted by molar-refractivity contribution is 7.89. The number of sulfonamides is 1. The highest BCUT2D eigenvalue weighted by atomic mass is 35.5. The topological polar surface area (TPSA) is 50.5 Å². The van der Waals surface area contributed by atoms with Gasteiger partial charge in [0.05, 0.1) is 16.6 Å². The van der Waals surface area contributed by atoms with Gasteiger partial charge in [-0.15, -0.1) is 0 Å². The first-order valence-electron chi connectivity index (χ1n) is 8.42. The first-order valence-corrected chi connectivity index (χ1v) is 10.6. The van der Waals surface area contributed by atoms with E-state index in [4.69, 9.17) is 27.6 Å². The van der Waals surface area contributed by atoms with Gasteiger partial charge in [-0.2, -0.15) is 4.31 Å². The fourth-order valence-corrected chi connectivity index (χ4v) is 5.92. The van der Waals surface area contributed by atoms with E-state index < -0.39 is 10.0 Å². The van der Waals surface area contributed by atoms with Gasteiger partial charge in [-0.3, -0.25) is 0 Å². The Labute approximate surface area is 157 Å². The second kappa shape index (κ2) is 6.31. The summed E-state index contributed by atoms with van der Waals surface area (Å²) < 4.78 is 33.7. The molecule has 2 fully saturated rings. The maximum absolute atomic E-state index is 13.2. The lowest BCUT2D eigenvalue weighted by atomic mass is 10.3. The summed E-state index contributed by atoms with van der Waals surface area (Å²) in [6.45, 7) is 2.39. The molecule has 0 aliphatic heterocycles. The maximum Gasteiger partial charge on any atom is 0.246 e. The molecule has 0 unspecified atom stereocenters. The summed E-state index contributed by atoms with van der Waals surface area (Å²) in [5.74, 6) is 2.72. The van der Waals surface area contributed by atoms with E-state index in [1.165, 1.54) is 4.31 Å². The molecule has 1 heterocycles. The van der Waals surface area contributed by atoms with Gasteiger partial charge in [-0.05, 0) is 49.4 Å². The first-order chi connectivity index (χ1) is 11.9. The van der Waals surface area contributed by atoms with Gasteiger partial charge in [-0.1, -0.05) is 36.2 Å². The van der Waals surface area contributed by atoms with Crippen molar-refractivity contribution >= 4 is 33.2 Å². The van der Waals surface area contributed by atoms with Gasteiger partial charge >= 0.3 is 0 Å². The fourth-order valence-electron chi connectivity index (χ4n) is 3.17. The second-order valence-electron chi connectivity index (χ2n) is 6.96.